The predicted octanol–water partition coefficient (Wildman–Crippen LogP) is 1.19. The number of hydrogen-bond donors (Lipinski definition) is 2. The Bertz CT molecular complexity index is 365. The van der Waals surface area contributed by atoms with E-state index in [1.54, 1.807) is 0 Å². The molecule has 1 aromatic carbocycles. The number of halogens is 2. The van der Waals surface area contributed by atoms with Crippen molar-refractivity contribution in [2.45, 2.75) is 12.1 Å². The smallest absolute Gasteiger partial charge is 0.166 e. The number of benzene rings is 1. The third kappa shape index (κ3) is 4.12. The molecule has 6 heteroatoms. The second kappa shape index (κ2) is 6.76. The summed E-state index contributed by atoms with van der Waals surface area (Å²) in [5.41, 5.74) is 5.71. The SMILES string of the molecule is COCC(N)C(CO)Oc1ccc(Cl)cc1F. The molecule has 1 rings (SSSR count). The summed E-state index contributed by atoms with van der Waals surface area (Å²) in [7, 11) is 1.48. The van der Waals surface area contributed by atoms with Crippen LogP contribution in [0.4, 0.5) is 4.39 Å². The summed E-state index contributed by atoms with van der Waals surface area (Å²) in [5.74, 6) is -0.597. The number of nitrogens with two attached hydrogens (primary N) is 1. The zero-order chi connectivity index (χ0) is 12.8. The molecule has 0 aliphatic rings. The molecule has 96 valence electrons. The molecule has 0 spiro atoms. The first-order valence-corrected chi connectivity index (χ1v) is 5.43. The van der Waals surface area contributed by atoms with E-state index in [2.05, 4.69) is 0 Å². The van der Waals surface area contributed by atoms with E-state index in [9.17, 15) is 4.39 Å². The zero-order valence-corrected chi connectivity index (χ0v) is 10.2. The molecule has 0 radical (unpaired) electrons. The van der Waals surface area contributed by atoms with Crippen LogP contribution in [0.15, 0.2) is 18.2 Å². The average Bonchev–Trinajstić information content (AvgIpc) is 2.28. The molecule has 1 aromatic rings. The fourth-order valence-corrected chi connectivity index (χ4v) is 1.45. The van der Waals surface area contributed by atoms with Crippen LogP contribution in [0.25, 0.3) is 0 Å². The number of aliphatic hydroxyl groups is 1. The molecular weight excluding hydrogens is 249 g/mol. The van der Waals surface area contributed by atoms with Crippen molar-refractivity contribution in [3.63, 3.8) is 0 Å². The molecule has 0 amide bonds. The molecule has 0 saturated carbocycles. The van der Waals surface area contributed by atoms with Gasteiger partial charge in [0.05, 0.1) is 19.3 Å². The fourth-order valence-electron chi connectivity index (χ4n) is 1.29. The second-order valence-corrected chi connectivity index (χ2v) is 3.97. The fraction of sp³-hybridized carbons (Fsp3) is 0.455. The topological polar surface area (TPSA) is 64.7 Å². The lowest BCUT2D eigenvalue weighted by Gasteiger charge is -2.22. The van der Waals surface area contributed by atoms with Gasteiger partial charge in [0.1, 0.15) is 6.10 Å². The third-order valence-electron chi connectivity index (χ3n) is 2.19. The van der Waals surface area contributed by atoms with Crippen molar-refractivity contribution in [3.8, 4) is 5.75 Å². The van der Waals surface area contributed by atoms with Crippen LogP contribution in [0, 0.1) is 5.82 Å². The van der Waals surface area contributed by atoms with Crippen molar-refractivity contribution in [1.82, 2.24) is 0 Å². The number of aliphatic hydroxyl groups excluding tert-OH is 1. The third-order valence-corrected chi connectivity index (χ3v) is 2.42. The van der Waals surface area contributed by atoms with Gasteiger partial charge in [0.25, 0.3) is 0 Å². The summed E-state index contributed by atoms with van der Waals surface area (Å²) in [6.07, 6.45) is -0.731. The molecule has 2 unspecified atom stereocenters. The summed E-state index contributed by atoms with van der Waals surface area (Å²) in [6, 6.07) is 3.48. The van der Waals surface area contributed by atoms with Crippen LogP contribution in [0.2, 0.25) is 5.02 Å². The van der Waals surface area contributed by atoms with E-state index in [0.29, 0.717) is 0 Å². The van der Waals surface area contributed by atoms with Crippen LogP contribution in [0.1, 0.15) is 0 Å². The summed E-state index contributed by atoms with van der Waals surface area (Å²) < 4.78 is 23.6. The molecular formula is C11H15ClFNO3. The molecule has 4 nitrogen and oxygen atoms in total. The number of methoxy groups -OCH3 is 1. The van der Waals surface area contributed by atoms with Gasteiger partial charge in [-0.1, -0.05) is 11.6 Å². The van der Waals surface area contributed by atoms with Gasteiger partial charge in [0.2, 0.25) is 0 Å². The Morgan fingerprint density at radius 2 is 2.24 bits per heavy atom. The van der Waals surface area contributed by atoms with Crippen LogP contribution in [-0.2, 0) is 4.74 Å². The lowest BCUT2D eigenvalue weighted by molar-refractivity contribution is 0.0580. The molecule has 0 aliphatic heterocycles. The summed E-state index contributed by atoms with van der Waals surface area (Å²) in [5, 5.41) is 9.40. The Morgan fingerprint density at radius 3 is 2.76 bits per heavy atom. The first-order chi connectivity index (χ1) is 8.08. The molecule has 0 saturated heterocycles. The Kier molecular flexibility index (Phi) is 5.64. The van der Waals surface area contributed by atoms with Gasteiger partial charge < -0.3 is 20.3 Å². The maximum Gasteiger partial charge on any atom is 0.166 e. The van der Waals surface area contributed by atoms with Crippen molar-refractivity contribution in [3.05, 3.63) is 29.0 Å². The maximum atomic E-state index is 13.4. The van der Waals surface area contributed by atoms with E-state index >= 15 is 0 Å². The van der Waals surface area contributed by atoms with Crippen LogP contribution in [0.3, 0.4) is 0 Å². The highest BCUT2D eigenvalue weighted by atomic mass is 35.5. The first kappa shape index (κ1) is 14.2. The van der Waals surface area contributed by atoms with Gasteiger partial charge in [-0.15, -0.1) is 0 Å². The minimum Gasteiger partial charge on any atom is -0.483 e. The van der Waals surface area contributed by atoms with Crippen LogP contribution in [0.5, 0.6) is 5.75 Å². The molecule has 0 aliphatic carbocycles. The zero-order valence-electron chi connectivity index (χ0n) is 9.40. The van der Waals surface area contributed by atoms with Crippen molar-refractivity contribution < 1.29 is 19.0 Å². The van der Waals surface area contributed by atoms with Gasteiger partial charge in [-0.3, -0.25) is 0 Å². The van der Waals surface area contributed by atoms with Gasteiger partial charge in [-0.05, 0) is 18.2 Å². The van der Waals surface area contributed by atoms with Crippen LogP contribution < -0.4 is 10.5 Å². The molecule has 0 aromatic heterocycles. The Labute approximate surface area is 104 Å². The quantitative estimate of drug-likeness (QED) is 0.809. The Morgan fingerprint density at radius 1 is 1.53 bits per heavy atom. The Balaban J connectivity index is 2.73. The summed E-state index contributed by atoms with van der Waals surface area (Å²) in [4.78, 5) is 0. The molecule has 0 heterocycles. The molecule has 0 bridgehead atoms. The number of rotatable bonds is 6. The predicted molar refractivity (Wildman–Crippen MR) is 62.8 cm³/mol. The van der Waals surface area contributed by atoms with Gasteiger partial charge in [-0.2, -0.15) is 0 Å². The van der Waals surface area contributed by atoms with Crippen molar-refractivity contribution in [2.75, 3.05) is 20.3 Å². The molecule has 2 atom stereocenters. The van der Waals surface area contributed by atoms with Crippen molar-refractivity contribution >= 4 is 11.6 Å². The van der Waals surface area contributed by atoms with Gasteiger partial charge in [0.15, 0.2) is 11.6 Å². The van der Waals surface area contributed by atoms with Crippen molar-refractivity contribution in [1.29, 1.82) is 0 Å². The molecule has 0 fully saturated rings. The lowest BCUT2D eigenvalue weighted by atomic mass is 10.2. The summed E-state index contributed by atoms with van der Waals surface area (Å²) in [6.45, 7) is -0.118. The van der Waals surface area contributed by atoms with Crippen LogP contribution >= 0.6 is 11.6 Å². The standard InChI is InChI=1S/C11H15ClFNO3/c1-16-6-9(14)11(5-15)17-10-3-2-7(12)4-8(10)13/h2-4,9,11,15H,5-6,14H2,1H3. The van der Waals surface area contributed by atoms with E-state index in [-0.39, 0.29) is 24.0 Å². The van der Waals surface area contributed by atoms with E-state index in [1.165, 1.54) is 19.2 Å². The first-order valence-electron chi connectivity index (χ1n) is 5.05. The highest BCUT2D eigenvalue weighted by molar-refractivity contribution is 6.30. The second-order valence-electron chi connectivity index (χ2n) is 3.53. The molecule has 3 N–H and O–H groups in total. The van der Waals surface area contributed by atoms with E-state index in [1.807, 2.05) is 0 Å². The monoisotopic (exact) mass is 263 g/mol. The molecule has 17 heavy (non-hydrogen) atoms. The van der Waals surface area contributed by atoms with E-state index in [4.69, 9.17) is 31.9 Å². The Hall–Kier alpha value is -0.880. The van der Waals surface area contributed by atoms with E-state index in [0.717, 1.165) is 6.07 Å². The maximum absolute atomic E-state index is 13.4. The van der Waals surface area contributed by atoms with Gasteiger partial charge in [0, 0.05) is 12.1 Å². The van der Waals surface area contributed by atoms with E-state index < -0.39 is 18.0 Å². The highest BCUT2D eigenvalue weighted by Gasteiger charge is 2.20. The minimum absolute atomic E-state index is 0.00000283. The van der Waals surface area contributed by atoms with Gasteiger partial charge in [-0.25, -0.2) is 4.39 Å². The average molecular weight is 264 g/mol. The largest absolute Gasteiger partial charge is 0.483 e. The van der Waals surface area contributed by atoms with Crippen LogP contribution in [-0.4, -0.2) is 37.6 Å². The summed E-state index contributed by atoms with van der Waals surface area (Å²) >= 11 is 5.61. The lowest BCUT2D eigenvalue weighted by Crippen LogP contribution is -2.44. The number of hydrogen-bond acceptors (Lipinski definition) is 4. The van der Waals surface area contributed by atoms with Crippen molar-refractivity contribution in [2.24, 2.45) is 5.73 Å². The number of ether oxygens (including phenoxy) is 2. The minimum atomic E-state index is -0.731. The van der Waals surface area contributed by atoms with Gasteiger partial charge >= 0.3 is 0 Å². The normalized spacial score (nSPS) is 14.4. The highest BCUT2D eigenvalue weighted by Crippen LogP contribution is 2.22.